The highest BCUT2D eigenvalue weighted by Gasteiger charge is 1.95. The third-order valence-corrected chi connectivity index (χ3v) is 3.16. The van der Waals surface area contributed by atoms with Crippen molar-refractivity contribution in [3.63, 3.8) is 0 Å². The first-order valence-corrected chi connectivity index (χ1v) is 8.45. The van der Waals surface area contributed by atoms with Crippen LogP contribution in [0.15, 0.2) is 60.8 Å². The molecule has 0 rings (SSSR count). The molecule has 2 unspecified atom stereocenters. The zero-order valence-corrected chi connectivity index (χ0v) is 14.4. The van der Waals surface area contributed by atoms with Gasteiger partial charge in [0.05, 0.1) is 12.2 Å². The minimum absolute atomic E-state index is 0.182. The molecule has 0 radical (unpaired) electrons. The van der Waals surface area contributed by atoms with Gasteiger partial charge in [0.25, 0.3) is 0 Å². The van der Waals surface area contributed by atoms with E-state index < -0.39 is 12.1 Å². The number of rotatable bonds is 13. The van der Waals surface area contributed by atoms with Gasteiger partial charge in [-0.25, -0.2) is 0 Å². The summed E-state index contributed by atoms with van der Waals surface area (Å²) in [5, 5.41) is 27.5. The quantitative estimate of drug-likeness (QED) is 0.271. The third-order valence-electron chi connectivity index (χ3n) is 3.16. The van der Waals surface area contributed by atoms with Crippen LogP contribution in [0.5, 0.6) is 0 Å². The largest absolute Gasteiger partial charge is 0.481 e. The predicted octanol–water partition coefficient (Wildman–Crippen LogP) is 3.93. The van der Waals surface area contributed by atoms with E-state index in [9.17, 15) is 15.0 Å². The Hall–Kier alpha value is -1.91. The molecule has 4 nitrogen and oxygen atoms in total. The molecule has 0 amide bonds. The van der Waals surface area contributed by atoms with E-state index in [1.165, 1.54) is 0 Å². The molecule has 4 heteroatoms. The fourth-order valence-electron chi connectivity index (χ4n) is 1.72. The first kappa shape index (κ1) is 22.1. The van der Waals surface area contributed by atoms with Crippen LogP contribution >= 0.6 is 0 Å². The normalized spacial score (nSPS) is 15.5. The van der Waals surface area contributed by atoms with Crippen molar-refractivity contribution in [1.82, 2.24) is 0 Å². The molecule has 0 aliphatic carbocycles. The number of carbonyl (C=O) groups is 1. The van der Waals surface area contributed by atoms with Crippen LogP contribution in [0.25, 0.3) is 0 Å². The molecule has 0 aromatic rings. The summed E-state index contributed by atoms with van der Waals surface area (Å²) in [6, 6.07) is 0. The highest BCUT2D eigenvalue weighted by Crippen LogP contribution is 2.01. The molecule has 3 N–H and O–H groups in total. The number of aliphatic hydroxyl groups is 2. The van der Waals surface area contributed by atoms with E-state index >= 15 is 0 Å². The summed E-state index contributed by atoms with van der Waals surface area (Å²) < 4.78 is 0. The van der Waals surface area contributed by atoms with Crippen LogP contribution < -0.4 is 0 Å². The first-order valence-electron chi connectivity index (χ1n) is 8.45. The number of aliphatic carboxylic acids is 1. The van der Waals surface area contributed by atoms with Gasteiger partial charge in [-0.1, -0.05) is 67.7 Å². The van der Waals surface area contributed by atoms with E-state index in [2.05, 4.69) is 0 Å². The summed E-state index contributed by atoms with van der Waals surface area (Å²) in [6.07, 6.45) is 21.3. The molecule has 0 bridgehead atoms. The van der Waals surface area contributed by atoms with E-state index in [-0.39, 0.29) is 12.5 Å². The van der Waals surface area contributed by atoms with Gasteiger partial charge in [0.2, 0.25) is 0 Å². The minimum atomic E-state index is -0.775. The number of aliphatic hydroxyl groups excluding tert-OH is 2. The summed E-state index contributed by atoms with van der Waals surface area (Å²) in [7, 11) is 0. The lowest BCUT2D eigenvalue weighted by molar-refractivity contribution is -0.137. The Bertz CT molecular complexity index is 458. The molecule has 0 aliphatic heterocycles. The van der Waals surface area contributed by atoms with E-state index in [0.717, 1.165) is 19.3 Å². The average molecular weight is 334 g/mol. The zero-order valence-electron chi connectivity index (χ0n) is 14.4. The number of hydrogen-bond donors (Lipinski definition) is 3. The number of unbranched alkanes of at least 4 members (excludes halogenated alkanes) is 1. The second kappa shape index (κ2) is 16.0. The molecule has 2 atom stereocenters. The first-order chi connectivity index (χ1) is 11.6. The lowest BCUT2D eigenvalue weighted by Gasteiger charge is -1.99. The highest BCUT2D eigenvalue weighted by molar-refractivity contribution is 5.66. The van der Waals surface area contributed by atoms with Crippen molar-refractivity contribution in [2.24, 2.45) is 0 Å². The maximum atomic E-state index is 10.3. The number of carboxylic acids is 1. The molecule has 0 fully saturated rings. The van der Waals surface area contributed by atoms with Crippen molar-refractivity contribution in [2.75, 3.05) is 0 Å². The summed E-state index contributed by atoms with van der Waals surface area (Å²) in [5.74, 6) is -0.775. The van der Waals surface area contributed by atoms with Crippen molar-refractivity contribution >= 4 is 5.97 Å². The predicted molar refractivity (Wildman–Crippen MR) is 98.7 cm³/mol. The van der Waals surface area contributed by atoms with Gasteiger partial charge in [-0.05, 0) is 32.1 Å². The smallest absolute Gasteiger partial charge is 0.303 e. The molecule has 0 saturated carbocycles. The lowest BCUT2D eigenvalue weighted by Crippen LogP contribution is -1.98. The summed E-state index contributed by atoms with van der Waals surface area (Å²) >= 11 is 0. The summed E-state index contributed by atoms with van der Waals surface area (Å²) in [5.41, 5.74) is 0. The van der Waals surface area contributed by atoms with Crippen LogP contribution in [0.4, 0.5) is 0 Å². The van der Waals surface area contributed by atoms with Crippen LogP contribution in [-0.2, 0) is 4.79 Å². The van der Waals surface area contributed by atoms with Crippen molar-refractivity contribution in [3.8, 4) is 0 Å². The van der Waals surface area contributed by atoms with E-state index in [1.807, 2.05) is 55.5 Å². The molecule has 134 valence electrons. The molecule has 0 heterocycles. The maximum Gasteiger partial charge on any atom is 0.303 e. The van der Waals surface area contributed by atoms with Gasteiger partial charge in [0.1, 0.15) is 0 Å². The van der Waals surface area contributed by atoms with Crippen LogP contribution in [0.3, 0.4) is 0 Å². The van der Waals surface area contributed by atoms with Gasteiger partial charge < -0.3 is 15.3 Å². The van der Waals surface area contributed by atoms with Gasteiger partial charge in [0, 0.05) is 6.42 Å². The Kier molecular flexibility index (Phi) is 14.7. The van der Waals surface area contributed by atoms with Crippen molar-refractivity contribution < 1.29 is 20.1 Å². The number of allylic oxidation sites excluding steroid dienone is 7. The monoisotopic (exact) mass is 334 g/mol. The van der Waals surface area contributed by atoms with Crippen molar-refractivity contribution in [3.05, 3.63) is 60.8 Å². The third kappa shape index (κ3) is 16.5. The second-order valence-corrected chi connectivity index (χ2v) is 5.40. The van der Waals surface area contributed by atoms with Gasteiger partial charge in [-0.15, -0.1) is 0 Å². The van der Waals surface area contributed by atoms with Gasteiger partial charge in [-0.2, -0.15) is 0 Å². The van der Waals surface area contributed by atoms with E-state index in [0.29, 0.717) is 12.8 Å². The standard InChI is InChI=1S/C20H30O4/c1-2-18(21)14-10-6-4-3-5-7-11-15-19(22)16-12-8-9-13-17-20(23)24/h4-8,10-12,14-15,18-19,21-22H,2-3,9,13,16-17H2,1H3,(H,23,24)/b6-4-,7-5-,12-8-,14-10+,15-11+. The molecular weight excluding hydrogens is 304 g/mol. The van der Waals surface area contributed by atoms with Crippen LogP contribution in [0.2, 0.25) is 0 Å². The fourth-order valence-corrected chi connectivity index (χ4v) is 1.72. The fraction of sp³-hybridized carbons (Fsp3) is 0.450. The molecular formula is C20H30O4. The SMILES string of the molecule is CCC(O)/C=C/C=C\C/C=C\C=C\C(O)C/C=C\CCCC(=O)O. The second-order valence-electron chi connectivity index (χ2n) is 5.40. The van der Waals surface area contributed by atoms with E-state index in [1.54, 1.807) is 12.2 Å². The molecule has 0 spiro atoms. The van der Waals surface area contributed by atoms with Crippen LogP contribution in [0, 0.1) is 0 Å². The Labute approximate surface area is 145 Å². The average Bonchev–Trinajstić information content (AvgIpc) is 2.55. The van der Waals surface area contributed by atoms with Crippen LogP contribution in [-0.4, -0.2) is 33.5 Å². The number of hydrogen-bond acceptors (Lipinski definition) is 3. The van der Waals surface area contributed by atoms with Crippen molar-refractivity contribution in [2.45, 2.75) is 57.7 Å². The van der Waals surface area contributed by atoms with Gasteiger partial charge in [0.15, 0.2) is 0 Å². The molecule has 24 heavy (non-hydrogen) atoms. The Morgan fingerprint density at radius 3 is 2.12 bits per heavy atom. The Morgan fingerprint density at radius 1 is 0.917 bits per heavy atom. The summed E-state index contributed by atoms with van der Waals surface area (Å²) in [4.78, 5) is 10.3. The summed E-state index contributed by atoms with van der Waals surface area (Å²) in [6.45, 7) is 1.93. The van der Waals surface area contributed by atoms with Gasteiger partial charge in [-0.3, -0.25) is 4.79 Å². The highest BCUT2D eigenvalue weighted by atomic mass is 16.4. The number of carboxylic acid groups (broad SMARTS) is 1. The topological polar surface area (TPSA) is 77.8 Å². The Balaban J connectivity index is 3.77. The van der Waals surface area contributed by atoms with E-state index in [4.69, 9.17) is 5.11 Å². The molecule has 0 aromatic heterocycles. The van der Waals surface area contributed by atoms with Crippen LogP contribution in [0.1, 0.15) is 45.4 Å². The van der Waals surface area contributed by atoms with Gasteiger partial charge >= 0.3 is 5.97 Å². The molecule has 0 aromatic carbocycles. The molecule has 0 saturated heterocycles. The zero-order chi connectivity index (χ0) is 18.0. The Morgan fingerprint density at radius 2 is 1.54 bits per heavy atom. The lowest BCUT2D eigenvalue weighted by atomic mass is 10.2. The maximum absolute atomic E-state index is 10.3. The van der Waals surface area contributed by atoms with Crippen molar-refractivity contribution in [1.29, 1.82) is 0 Å². The minimum Gasteiger partial charge on any atom is -0.481 e. The molecule has 0 aliphatic rings.